The molecule has 1 aliphatic rings. The van der Waals surface area contributed by atoms with E-state index in [1.54, 1.807) is 42.5 Å². The maximum absolute atomic E-state index is 13.1. The van der Waals surface area contributed by atoms with Crippen molar-refractivity contribution in [3.8, 4) is 11.5 Å². The number of nitrogens with zero attached hydrogens (tertiary/aromatic N) is 1. The number of carbonyl (C=O) groups excluding carboxylic acids is 2. The zero-order chi connectivity index (χ0) is 24.8. The Bertz CT molecular complexity index is 1110. The first-order chi connectivity index (χ1) is 16.3. The molecule has 1 amide bonds. The molecular weight excluding hydrogens is 462 g/mol. The summed E-state index contributed by atoms with van der Waals surface area (Å²) in [6.07, 6.45) is 1.58. The number of likely N-dealkylation sites (tertiary alicyclic amines) is 1. The number of ketones is 1. The van der Waals surface area contributed by atoms with E-state index >= 15 is 0 Å². The number of methoxy groups -OCH3 is 2. The topological polar surface area (TPSA) is 113 Å². The van der Waals surface area contributed by atoms with Crippen LogP contribution in [0.3, 0.4) is 0 Å². The zero-order valence-electron chi connectivity index (χ0n) is 18.9. The Kier molecular flexibility index (Phi) is 8.17. The number of Topliss-reactive ketones (excluding diaryl/α,β-unsaturated/α-hetero) is 1. The number of carbonyl (C=O) groups is 3. The van der Waals surface area contributed by atoms with Gasteiger partial charge in [0.1, 0.15) is 5.76 Å². The molecule has 1 saturated heterocycles. The Morgan fingerprint density at radius 1 is 0.971 bits per heavy atom. The summed E-state index contributed by atoms with van der Waals surface area (Å²) in [5, 5.41) is 20.4. The maximum atomic E-state index is 13.1. The van der Waals surface area contributed by atoms with E-state index in [0.717, 1.165) is 0 Å². The quantitative estimate of drug-likeness (QED) is 0.220. The van der Waals surface area contributed by atoms with Crippen LogP contribution in [0.4, 0.5) is 0 Å². The highest BCUT2D eigenvalue weighted by atomic mass is 35.5. The molecule has 3 rings (SSSR count). The smallest absolute Gasteiger partial charge is 0.303 e. The minimum Gasteiger partial charge on any atom is -0.507 e. The molecule has 0 aliphatic carbocycles. The van der Waals surface area contributed by atoms with Gasteiger partial charge >= 0.3 is 5.97 Å². The third kappa shape index (κ3) is 5.34. The standard InChI is InChI=1S/C25H26ClNO7/c1-33-18-12-9-16(14-19(18)34-2)22-21(23(30)15-7-10-17(26)11-8-15)24(31)25(32)27(22)13-5-3-4-6-20(28)29/h7-12,14,22,30H,3-6,13H2,1-2H3,(H,28,29)/t22-/m1/s1. The van der Waals surface area contributed by atoms with Gasteiger partial charge in [-0.3, -0.25) is 14.4 Å². The van der Waals surface area contributed by atoms with Crippen molar-refractivity contribution < 1.29 is 34.1 Å². The summed E-state index contributed by atoms with van der Waals surface area (Å²) in [5.74, 6) is -1.81. The Labute approximate surface area is 202 Å². The Balaban J connectivity index is 2.04. The summed E-state index contributed by atoms with van der Waals surface area (Å²) in [5.41, 5.74) is 0.886. The molecule has 1 heterocycles. The number of hydrogen-bond acceptors (Lipinski definition) is 6. The molecule has 0 unspecified atom stereocenters. The fourth-order valence-corrected chi connectivity index (χ4v) is 4.10. The number of aliphatic carboxylic acids is 1. The fraction of sp³-hybridized carbons (Fsp3) is 0.320. The van der Waals surface area contributed by atoms with E-state index in [1.807, 2.05) is 0 Å². The molecule has 34 heavy (non-hydrogen) atoms. The Morgan fingerprint density at radius 2 is 1.65 bits per heavy atom. The van der Waals surface area contributed by atoms with Gasteiger partial charge in [0.2, 0.25) is 0 Å². The number of aliphatic hydroxyl groups is 1. The first-order valence-corrected chi connectivity index (χ1v) is 11.1. The molecule has 2 aromatic rings. The number of ether oxygens (including phenoxy) is 2. The number of amides is 1. The van der Waals surface area contributed by atoms with Crippen LogP contribution in [0, 0.1) is 0 Å². The first kappa shape index (κ1) is 25.1. The molecular formula is C25H26ClNO7. The minimum atomic E-state index is -0.881. The van der Waals surface area contributed by atoms with Crippen molar-refractivity contribution >= 4 is 35.0 Å². The van der Waals surface area contributed by atoms with Crippen molar-refractivity contribution in [2.75, 3.05) is 20.8 Å². The summed E-state index contributed by atoms with van der Waals surface area (Å²) < 4.78 is 10.7. The average Bonchev–Trinajstić information content (AvgIpc) is 3.08. The van der Waals surface area contributed by atoms with Gasteiger partial charge in [-0.2, -0.15) is 0 Å². The number of rotatable bonds is 10. The molecule has 0 aromatic heterocycles. The van der Waals surface area contributed by atoms with Crippen LogP contribution >= 0.6 is 11.6 Å². The van der Waals surface area contributed by atoms with Crippen LogP contribution in [0.5, 0.6) is 11.5 Å². The Morgan fingerprint density at radius 3 is 2.26 bits per heavy atom. The van der Waals surface area contributed by atoms with E-state index < -0.39 is 23.7 Å². The normalized spacial score (nSPS) is 17.1. The molecule has 2 aromatic carbocycles. The number of halogens is 1. The van der Waals surface area contributed by atoms with E-state index in [1.165, 1.54) is 19.1 Å². The summed E-state index contributed by atoms with van der Waals surface area (Å²) in [4.78, 5) is 38.2. The van der Waals surface area contributed by atoms with Crippen molar-refractivity contribution in [1.29, 1.82) is 0 Å². The summed E-state index contributed by atoms with van der Waals surface area (Å²) in [7, 11) is 2.98. The van der Waals surface area contributed by atoms with Crippen LogP contribution in [-0.2, 0) is 14.4 Å². The molecule has 2 N–H and O–H groups in total. The van der Waals surface area contributed by atoms with E-state index in [9.17, 15) is 19.5 Å². The zero-order valence-corrected chi connectivity index (χ0v) is 19.7. The lowest BCUT2D eigenvalue weighted by Gasteiger charge is -2.26. The number of benzene rings is 2. The molecule has 1 atom stereocenters. The summed E-state index contributed by atoms with van der Waals surface area (Å²) in [6.45, 7) is 0.223. The number of unbranched alkanes of at least 4 members (excludes halogenated alkanes) is 2. The van der Waals surface area contributed by atoms with Gasteiger partial charge in [0, 0.05) is 23.6 Å². The monoisotopic (exact) mass is 487 g/mol. The fourth-order valence-electron chi connectivity index (χ4n) is 3.98. The first-order valence-electron chi connectivity index (χ1n) is 10.8. The van der Waals surface area contributed by atoms with Gasteiger partial charge in [0.15, 0.2) is 11.5 Å². The number of carboxylic acid groups (broad SMARTS) is 1. The van der Waals surface area contributed by atoms with Crippen molar-refractivity contribution in [2.24, 2.45) is 0 Å². The van der Waals surface area contributed by atoms with Crippen molar-refractivity contribution in [3.05, 3.63) is 64.2 Å². The molecule has 0 spiro atoms. The molecule has 9 heteroatoms. The second kappa shape index (κ2) is 11.1. The predicted octanol–water partition coefficient (Wildman–Crippen LogP) is 4.42. The number of aliphatic hydroxyl groups excluding tert-OH is 1. The lowest BCUT2D eigenvalue weighted by atomic mass is 9.95. The molecule has 1 fully saturated rings. The van der Waals surface area contributed by atoms with Crippen LogP contribution in [0.1, 0.15) is 42.9 Å². The van der Waals surface area contributed by atoms with E-state index in [0.29, 0.717) is 46.9 Å². The lowest BCUT2D eigenvalue weighted by molar-refractivity contribution is -0.140. The molecule has 180 valence electrons. The molecule has 1 aliphatic heterocycles. The van der Waals surface area contributed by atoms with E-state index in [4.69, 9.17) is 26.2 Å². The van der Waals surface area contributed by atoms with Crippen LogP contribution < -0.4 is 9.47 Å². The SMILES string of the molecule is COc1ccc([C@@H]2C(=C(O)c3ccc(Cl)cc3)C(=O)C(=O)N2CCCCCC(=O)O)cc1OC. The molecule has 0 bridgehead atoms. The molecule has 8 nitrogen and oxygen atoms in total. The van der Waals surface area contributed by atoms with Gasteiger partial charge < -0.3 is 24.6 Å². The average molecular weight is 488 g/mol. The second-order valence-electron chi connectivity index (χ2n) is 7.82. The number of carboxylic acids is 1. The van der Waals surface area contributed by atoms with E-state index in [-0.39, 0.29) is 24.3 Å². The van der Waals surface area contributed by atoms with Gasteiger partial charge in [-0.05, 0) is 54.8 Å². The Hall–Kier alpha value is -3.52. The van der Waals surface area contributed by atoms with Crippen molar-refractivity contribution in [1.82, 2.24) is 4.90 Å². The van der Waals surface area contributed by atoms with Gasteiger partial charge in [-0.1, -0.05) is 24.1 Å². The van der Waals surface area contributed by atoms with Crippen LogP contribution in [0.25, 0.3) is 5.76 Å². The highest BCUT2D eigenvalue weighted by Gasteiger charge is 2.46. The van der Waals surface area contributed by atoms with Gasteiger partial charge in [0.05, 0.1) is 25.8 Å². The third-order valence-corrected chi connectivity index (χ3v) is 5.92. The van der Waals surface area contributed by atoms with Gasteiger partial charge in [-0.15, -0.1) is 0 Å². The largest absolute Gasteiger partial charge is 0.507 e. The molecule has 0 saturated carbocycles. The lowest BCUT2D eigenvalue weighted by Crippen LogP contribution is -2.30. The highest BCUT2D eigenvalue weighted by Crippen LogP contribution is 2.42. The van der Waals surface area contributed by atoms with Crippen LogP contribution in [-0.4, -0.2) is 53.5 Å². The maximum Gasteiger partial charge on any atom is 0.303 e. The molecule has 0 radical (unpaired) electrons. The van der Waals surface area contributed by atoms with Crippen molar-refractivity contribution in [2.45, 2.75) is 31.7 Å². The second-order valence-corrected chi connectivity index (χ2v) is 8.25. The van der Waals surface area contributed by atoms with E-state index in [2.05, 4.69) is 0 Å². The van der Waals surface area contributed by atoms with Crippen molar-refractivity contribution in [3.63, 3.8) is 0 Å². The summed E-state index contributed by atoms with van der Waals surface area (Å²) in [6, 6.07) is 10.5. The number of hydrogen-bond donors (Lipinski definition) is 2. The van der Waals surface area contributed by atoms with Crippen LogP contribution in [0.15, 0.2) is 48.0 Å². The highest BCUT2D eigenvalue weighted by molar-refractivity contribution is 6.46. The third-order valence-electron chi connectivity index (χ3n) is 5.67. The van der Waals surface area contributed by atoms with Crippen LogP contribution in [0.2, 0.25) is 5.02 Å². The predicted molar refractivity (Wildman–Crippen MR) is 126 cm³/mol. The van der Waals surface area contributed by atoms with Gasteiger partial charge in [0.25, 0.3) is 11.7 Å². The van der Waals surface area contributed by atoms with Gasteiger partial charge in [-0.25, -0.2) is 0 Å². The summed E-state index contributed by atoms with van der Waals surface area (Å²) >= 11 is 5.95. The minimum absolute atomic E-state index is 0.0362.